The zero-order valence-electron chi connectivity index (χ0n) is 14.2. The number of halogens is 1. The van der Waals surface area contributed by atoms with E-state index in [0.717, 1.165) is 39.0 Å². The fourth-order valence-electron chi connectivity index (χ4n) is 3.88. The Labute approximate surface area is 144 Å². The Morgan fingerprint density at radius 2 is 1.75 bits per heavy atom. The standard InChI is InChI=1S/C17H26FN3O2S/c1-2-24(22,23)21-9-7-15(8-10-21)19-11-13-20(14-12-19)17-6-4-3-5-16(17)18/h3-6,15H,2,7-14H2,1H3/p+1. The molecule has 1 aromatic rings. The van der Waals surface area contributed by atoms with E-state index in [1.165, 1.54) is 11.0 Å². The predicted octanol–water partition coefficient (Wildman–Crippen LogP) is 0.345. The van der Waals surface area contributed by atoms with Crippen LogP contribution < -0.4 is 9.80 Å². The van der Waals surface area contributed by atoms with E-state index in [0.29, 0.717) is 24.8 Å². The molecule has 5 nitrogen and oxygen atoms in total. The van der Waals surface area contributed by atoms with Crippen molar-refractivity contribution in [3.05, 3.63) is 30.1 Å². The molecule has 0 unspecified atom stereocenters. The summed E-state index contributed by atoms with van der Waals surface area (Å²) in [6.07, 6.45) is 1.85. The number of hydrogen-bond donors (Lipinski definition) is 1. The first-order valence-corrected chi connectivity index (χ1v) is 10.4. The highest BCUT2D eigenvalue weighted by molar-refractivity contribution is 7.89. The Balaban J connectivity index is 1.52. The van der Waals surface area contributed by atoms with Crippen molar-refractivity contribution in [3.8, 4) is 0 Å². The van der Waals surface area contributed by atoms with Crippen LogP contribution in [0.1, 0.15) is 19.8 Å². The lowest BCUT2D eigenvalue weighted by Gasteiger charge is -2.40. The van der Waals surface area contributed by atoms with Crippen molar-refractivity contribution in [2.75, 3.05) is 49.9 Å². The van der Waals surface area contributed by atoms with Crippen molar-refractivity contribution < 1.29 is 17.7 Å². The summed E-state index contributed by atoms with van der Waals surface area (Å²) in [6, 6.07) is 7.48. The van der Waals surface area contributed by atoms with Gasteiger partial charge in [0.1, 0.15) is 5.82 Å². The van der Waals surface area contributed by atoms with E-state index in [1.54, 1.807) is 17.3 Å². The predicted molar refractivity (Wildman–Crippen MR) is 93.4 cm³/mol. The Morgan fingerprint density at radius 3 is 2.33 bits per heavy atom. The topological polar surface area (TPSA) is 45.1 Å². The average Bonchev–Trinajstić information content (AvgIpc) is 2.62. The zero-order valence-corrected chi connectivity index (χ0v) is 15.1. The van der Waals surface area contributed by atoms with Crippen molar-refractivity contribution in [1.29, 1.82) is 0 Å². The molecule has 24 heavy (non-hydrogen) atoms. The monoisotopic (exact) mass is 356 g/mol. The molecule has 2 aliphatic rings. The first-order valence-electron chi connectivity index (χ1n) is 8.83. The van der Waals surface area contributed by atoms with Crippen LogP contribution in [0.3, 0.4) is 0 Å². The molecule has 0 bridgehead atoms. The number of hydrogen-bond acceptors (Lipinski definition) is 3. The zero-order chi connectivity index (χ0) is 17.2. The summed E-state index contributed by atoms with van der Waals surface area (Å²) in [6.45, 7) is 6.66. The van der Waals surface area contributed by atoms with E-state index in [1.807, 2.05) is 12.1 Å². The third kappa shape index (κ3) is 3.73. The lowest BCUT2D eigenvalue weighted by molar-refractivity contribution is -0.927. The molecular weight excluding hydrogens is 329 g/mol. The van der Waals surface area contributed by atoms with Gasteiger partial charge in [0.15, 0.2) is 0 Å². The molecular formula is C17H27FN3O2S+. The molecule has 0 amide bonds. The third-order valence-corrected chi connectivity index (χ3v) is 7.27. The fraction of sp³-hybridized carbons (Fsp3) is 0.647. The maximum atomic E-state index is 13.9. The van der Waals surface area contributed by atoms with Crippen LogP contribution in [0.25, 0.3) is 0 Å². The van der Waals surface area contributed by atoms with Gasteiger partial charge >= 0.3 is 0 Å². The third-order valence-electron chi connectivity index (χ3n) is 5.39. The average molecular weight is 356 g/mol. The van der Waals surface area contributed by atoms with Crippen molar-refractivity contribution in [1.82, 2.24) is 4.31 Å². The number of piperidine rings is 1. The van der Waals surface area contributed by atoms with Crippen LogP contribution >= 0.6 is 0 Å². The summed E-state index contributed by atoms with van der Waals surface area (Å²) in [5.74, 6) is 0.0327. The van der Waals surface area contributed by atoms with Crippen molar-refractivity contribution >= 4 is 15.7 Å². The van der Waals surface area contributed by atoms with Crippen molar-refractivity contribution in [2.24, 2.45) is 0 Å². The number of benzene rings is 1. The van der Waals surface area contributed by atoms with Gasteiger partial charge < -0.3 is 9.80 Å². The second-order valence-electron chi connectivity index (χ2n) is 6.67. The van der Waals surface area contributed by atoms with E-state index in [-0.39, 0.29) is 11.6 Å². The van der Waals surface area contributed by atoms with E-state index in [2.05, 4.69) is 4.90 Å². The summed E-state index contributed by atoms with van der Waals surface area (Å²) in [5, 5.41) is 0. The molecule has 2 fully saturated rings. The Bertz CT molecular complexity index is 652. The molecule has 0 atom stereocenters. The SMILES string of the molecule is CCS(=O)(=O)N1CCC([NH+]2CCN(c3ccccc3F)CC2)CC1. The van der Waals surface area contributed by atoms with Gasteiger partial charge in [-0.1, -0.05) is 12.1 Å². The minimum absolute atomic E-state index is 0.154. The second kappa shape index (κ2) is 7.37. The number of piperazine rings is 1. The Hall–Kier alpha value is -1.18. The maximum absolute atomic E-state index is 13.9. The molecule has 0 aliphatic carbocycles. The number of para-hydroxylation sites is 1. The Morgan fingerprint density at radius 1 is 1.12 bits per heavy atom. The molecule has 7 heteroatoms. The maximum Gasteiger partial charge on any atom is 0.213 e. The minimum Gasteiger partial charge on any atom is -0.358 e. The summed E-state index contributed by atoms with van der Waals surface area (Å²) >= 11 is 0. The molecule has 2 aliphatic heterocycles. The first-order chi connectivity index (χ1) is 11.5. The lowest BCUT2D eigenvalue weighted by atomic mass is 10.0. The van der Waals surface area contributed by atoms with E-state index in [9.17, 15) is 12.8 Å². The number of nitrogens with one attached hydrogen (secondary N) is 1. The summed E-state index contributed by atoms with van der Waals surface area (Å²) < 4.78 is 39.4. The van der Waals surface area contributed by atoms with Crippen LogP contribution in [0.4, 0.5) is 10.1 Å². The molecule has 0 aromatic heterocycles. The molecule has 0 saturated carbocycles. The van der Waals surface area contributed by atoms with Gasteiger partial charge in [0.2, 0.25) is 10.0 Å². The van der Waals surface area contributed by atoms with Gasteiger partial charge in [0, 0.05) is 25.9 Å². The van der Waals surface area contributed by atoms with Crippen LogP contribution in [0, 0.1) is 5.82 Å². The molecule has 3 rings (SSSR count). The fourth-order valence-corrected chi connectivity index (χ4v) is 5.01. The number of sulfonamides is 1. The number of nitrogens with zero attached hydrogens (tertiary/aromatic N) is 2. The summed E-state index contributed by atoms with van der Waals surface area (Å²) in [7, 11) is -3.05. The number of anilines is 1. The quantitative estimate of drug-likeness (QED) is 0.847. The highest BCUT2D eigenvalue weighted by atomic mass is 32.2. The first kappa shape index (κ1) is 17.6. The molecule has 1 aromatic carbocycles. The van der Waals surface area contributed by atoms with Crippen LogP contribution in [-0.4, -0.2) is 63.8 Å². The van der Waals surface area contributed by atoms with Gasteiger partial charge in [0.05, 0.1) is 43.7 Å². The van der Waals surface area contributed by atoms with Crippen LogP contribution in [0.5, 0.6) is 0 Å². The summed E-state index contributed by atoms with van der Waals surface area (Å²) in [4.78, 5) is 3.66. The Kier molecular flexibility index (Phi) is 5.42. The van der Waals surface area contributed by atoms with E-state index < -0.39 is 10.0 Å². The molecule has 0 spiro atoms. The smallest absolute Gasteiger partial charge is 0.213 e. The van der Waals surface area contributed by atoms with Crippen LogP contribution in [0.15, 0.2) is 24.3 Å². The second-order valence-corrected chi connectivity index (χ2v) is 8.93. The van der Waals surface area contributed by atoms with Gasteiger partial charge in [-0.05, 0) is 19.1 Å². The van der Waals surface area contributed by atoms with Crippen molar-refractivity contribution in [3.63, 3.8) is 0 Å². The van der Waals surface area contributed by atoms with E-state index in [4.69, 9.17) is 0 Å². The lowest BCUT2D eigenvalue weighted by Crippen LogP contribution is -3.18. The molecule has 2 heterocycles. The largest absolute Gasteiger partial charge is 0.358 e. The van der Waals surface area contributed by atoms with Gasteiger partial charge in [-0.2, -0.15) is 0 Å². The van der Waals surface area contributed by atoms with Crippen molar-refractivity contribution in [2.45, 2.75) is 25.8 Å². The van der Waals surface area contributed by atoms with Gasteiger partial charge in [-0.3, -0.25) is 0 Å². The summed E-state index contributed by atoms with van der Waals surface area (Å²) in [5.41, 5.74) is 0.695. The molecule has 0 radical (unpaired) electrons. The van der Waals surface area contributed by atoms with Gasteiger partial charge in [0.25, 0.3) is 0 Å². The van der Waals surface area contributed by atoms with Crippen LogP contribution in [0.2, 0.25) is 0 Å². The van der Waals surface area contributed by atoms with E-state index >= 15 is 0 Å². The highest BCUT2D eigenvalue weighted by Crippen LogP contribution is 2.19. The highest BCUT2D eigenvalue weighted by Gasteiger charge is 2.33. The molecule has 134 valence electrons. The molecule has 2 saturated heterocycles. The minimum atomic E-state index is -3.05. The molecule has 1 N–H and O–H groups in total. The number of rotatable bonds is 4. The van der Waals surface area contributed by atoms with Crippen LogP contribution in [-0.2, 0) is 10.0 Å². The van der Waals surface area contributed by atoms with Gasteiger partial charge in [-0.15, -0.1) is 0 Å². The van der Waals surface area contributed by atoms with Gasteiger partial charge in [-0.25, -0.2) is 17.1 Å². The normalized spacial score (nSPS) is 22.0. The number of quaternary nitrogens is 1.